The highest BCUT2D eigenvalue weighted by Crippen LogP contribution is 2.44. The number of nitrogens with zero attached hydrogens (tertiary/aromatic N) is 2. The maximum atomic E-state index is 15.3. The molecule has 1 aliphatic rings. The van der Waals surface area contributed by atoms with Gasteiger partial charge in [0.2, 0.25) is 6.23 Å². The molecule has 1 fully saturated rings. The monoisotopic (exact) mass is 454 g/mol. The van der Waals surface area contributed by atoms with Crippen LogP contribution in [0.25, 0.3) is 0 Å². The molecule has 31 heavy (non-hydrogen) atoms. The van der Waals surface area contributed by atoms with Crippen LogP contribution < -0.4 is 16.7 Å². The number of anilines is 2. The molecule has 2 heterocycles. The molecule has 1 amide bonds. The summed E-state index contributed by atoms with van der Waals surface area (Å²) in [5.41, 5.74) is 4.80. The van der Waals surface area contributed by atoms with E-state index in [-0.39, 0.29) is 12.4 Å². The first-order chi connectivity index (χ1) is 14.5. The number of para-hydroxylation sites is 1. The Labute approximate surface area is 178 Å². The van der Waals surface area contributed by atoms with E-state index in [0.29, 0.717) is 10.3 Å². The highest BCUT2D eigenvalue weighted by atomic mass is 28.4. The fraction of sp³-hybridized carbons (Fsp3) is 0.421. The third-order valence-electron chi connectivity index (χ3n) is 4.39. The van der Waals surface area contributed by atoms with Crippen LogP contribution in [0.1, 0.15) is 6.23 Å². The fourth-order valence-corrected chi connectivity index (χ4v) is 3.63. The smallest absolute Gasteiger partial charge is 0.412 e. The van der Waals surface area contributed by atoms with Crippen LogP contribution in [-0.4, -0.2) is 48.7 Å². The van der Waals surface area contributed by atoms with Crippen LogP contribution in [-0.2, 0) is 13.9 Å². The number of benzene rings is 1. The van der Waals surface area contributed by atoms with Gasteiger partial charge in [0.1, 0.15) is 11.9 Å². The molecule has 9 nitrogen and oxygen atoms in total. The van der Waals surface area contributed by atoms with Gasteiger partial charge < -0.3 is 19.6 Å². The first-order valence-electron chi connectivity index (χ1n) is 9.52. The minimum absolute atomic E-state index is 0.115. The number of halogens is 2. The third-order valence-corrected chi connectivity index (χ3v) is 5.42. The standard InChI is InChI=1S/C19H24F2N4O5Si/c1-31(2,3)28-11-13-15(30-18(27)23-12-7-5-4-6-8-12)19(20,21)16(29-13)25-10-9-14(22)24-17(25)26/h4-10,13,15-16H,11H2,1-3H3,(H,23,27)(H2,22,24,26). The van der Waals surface area contributed by atoms with Gasteiger partial charge in [-0.15, -0.1) is 0 Å². The average molecular weight is 455 g/mol. The van der Waals surface area contributed by atoms with Crippen molar-refractivity contribution in [1.82, 2.24) is 9.55 Å². The SMILES string of the molecule is C[Si](C)(C)OCC1OC(n2ccc(N)nc2=O)C(F)(F)C1OC(=O)Nc1ccccc1. The Balaban J connectivity index is 1.86. The molecule has 0 saturated carbocycles. The van der Waals surface area contributed by atoms with Crippen LogP contribution in [0, 0.1) is 0 Å². The molecule has 1 saturated heterocycles. The van der Waals surface area contributed by atoms with E-state index in [1.807, 2.05) is 19.6 Å². The maximum absolute atomic E-state index is 15.3. The van der Waals surface area contributed by atoms with E-state index < -0.39 is 44.5 Å². The van der Waals surface area contributed by atoms with Crippen molar-refractivity contribution in [3.8, 4) is 0 Å². The van der Waals surface area contributed by atoms with Gasteiger partial charge in [-0.05, 0) is 37.8 Å². The van der Waals surface area contributed by atoms with Gasteiger partial charge in [0.25, 0.3) is 0 Å². The predicted molar refractivity (Wildman–Crippen MR) is 111 cm³/mol. The van der Waals surface area contributed by atoms with E-state index >= 15 is 8.78 Å². The molecule has 3 N–H and O–H groups in total. The minimum Gasteiger partial charge on any atom is -0.436 e. The number of nitrogens with two attached hydrogens (primary N) is 1. The number of amides is 1. The number of carbonyl (C=O) groups excluding carboxylic acids is 1. The van der Waals surface area contributed by atoms with E-state index in [1.54, 1.807) is 30.3 Å². The molecular weight excluding hydrogens is 430 g/mol. The lowest BCUT2D eigenvalue weighted by Gasteiger charge is -2.25. The van der Waals surface area contributed by atoms with Gasteiger partial charge >= 0.3 is 17.7 Å². The van der Waals surface area contributed by atoms with Crippen molar-refractivity contribution in [2.75, 3.05) is 17.7 Å². The second kappa shape index (κ2) is 8.73. The van der Waals surface area contributed by atoms with E-state index in [0.717, 1.165) is 6.20 Å². The summed E-state index contributed by atoms with van der Waals surface area (Å²) in [6, 6.07) is 9.44. The molecule has 168 valence electrons. The number of aromatic nitrogens is 2. The first-order valence-corrected chi connectivity index (χ1v) is 12.9. The van der Waals surface area contributed by atoms with Gasteiger partial charge in [-0.1, -0.05) is 18.2 Å². The number of rotatable bonds is 6. The van der Waals surface area contributed by atoms with Gasteiger partial charge in [-0.3, -0.25) is 9.88 Å². The largest absolute Gasteiger partial charge is 0.436 e. The summed E-state index contributed by atoms with van der Waals surface area (Å²) in [6.07, 6.45) is -5.37. The van der Waals surface area contributed by atoms with E-state index in [9.17, 15) is 9.59 Å². The second-order valence-electron chi connectivity index (χ2n) is 7.98. The highest BCUT2D eigenvalue weighted by molar-refractivity contribution is 6.69. The van der Waals surface area contributed by atoms with Gasteiger partial charge in [0.15, 0.2) is 14.4 Å². The summed E-state index contributed by atoms with van der Waals surface area (Å²) < 4.78 is 47.5. The van der Waals surface area contributed by atoms with E-state index in [4.69, 9.17) is 19.6 Å². The molecule has 1 aromatic carbocycles. The lowest BCUT2D eigenvalue weighted by molar-refractivity contribution is -0.140. The quantitative estimate of drug-likeness (QED) is 0.645. The van der Waals surface area contributed by atoms with Crippen LogP contribution >= 0.6 is 0 Å². The minimum atomic E-state index is -3.75. The summed E-state index contributed by atoms with van der Waals surface area (Å²) in [7, 11) is -2.10. The zero-order valence-electron chi connectivity index (χ0n) is 17.2. The molecule has 0 radical (unpaired) electrons. The Morgan fingerprint density at radius 2 is 1.97 bits per heavy atom. The second-order valence-corrected chi connectivity index (χ2v) is 12.5. The summed E-state index contributed by atoms with van der Waals surface area (Å²) in [4.78, 5) is 27.9. The van der Waals surface area contributed by atoms with Crippen molar-refractivity contribution < 1.29 is 27.5 Å². The van der Waals surface area contributed by atoms with Crippen LogP contribution in [0.15, 0.2) is 47.4 Å². The van der Waals surface area contributed by atoms with Crippen molar-refractivity contribution in [3.05, 3.63) is 53.1 Å². The Morgan fingerprint density at radius 3 is 2.58 bits per heavy atom. The topological polar surface area (TPSA) is 118 Å². The molecule has 3 unspecified atom stereocenters. The molecule has 1 aliphatic heterocycles. The Morgan fingerprint density at radius 1 is 1.29 bits per heavy atom. The molecule has 12 heteroatoms. The molecule has 3 atom stereocenters. The molecular formula is C19H24F2N4O5Si. The average Bonchev–Trinajstić information content (AvgIpc) is 2.91. The summed E-state index contributed by atoms with van der Waals surface area (Å²) in [5.74, 6) is -3.86. The number of alkyl halides is 2. The van der Waals surface area contributed by atoms with Crippen molar-refractivity contribution in [1.29, 1.82) is 0 Å². The number of nitrogens with one attached hydrogen (secondary N) is 1. The van der Waals surface area contributed by atoms with Gasteiger partial charge in [0.05, 0.1) is 6.61 Å². The van der Waals surface area contributed by atoms with Crippen molar-refractivity contribution in [2.45, 2.75) is 44.0 Å². The number of ether oxygens (including phenoxy) is 2. The van der Waals surface area contributed by atoms with Crippen LogP contribution in [0.3, 0.4) is 0 Å². The molecule has 1 aromatic heterocycles. The molecule has 2 aromatic rings. The van der Waals surface area contributed by atoms with Crippen LogP contribution in [0.5, 0.6) is 0 Å². The zero-order chi connectivity index (χ0) is 22.8. The van der Waals surface area contributed by atoms with Crippen LogP contribution in [0.4, 0.5) is 25.1 Å². The van der Waals surface area contributed by atoms with Gasteiger partial charge in [-0.25, -0.2) is 9.59 Å². The van der Waals surface area contributed by atoms with Crippen molar-refractivity contribution >= 4 is 25.9 Å². The van der Waals surface area contributed by atoms with Crippen molar-refractivity contribution in [3.63, 3.8) is 0 Å². The zero-order valence-corrected chi connectivity index (χ0v) is 18.2. The van der Waals surface area contributed by atoms with Gasteiger partial charge in [0, 0.05) is 11.9 Å². The Kier molecular flexibility index (Phi) is 6.43. The van der Waals surface area contributed by atoms with Crippen molar-refractivity contribution in [2.24, 2.45) is 0 Å². The highest BCUT2D eigenvalue weighted by Gasteiger charge is 2.62. The fourth-order valence-electron chi connectivity index (χ4n) is 2.97. The Bertz CT molecular complexity index is 983. The lowest BCUT2D eigenvalue weighted by atomic mass is 10.1. The maximum Gasteiger partial charge on any atom is 0.412 e. The normalized spacial score (nSPS) is 22.8. The van der Waals surface area contributed by atoms with E-state index in [2.05, 4.69) is 10.3 Å². The summed E-state index contributed by atoms with van der Waals surface area (Å²) >= 11 is 0. The van der Waals surface area contributed by atoms with Crippen LogP contribution in [0.2, 0.25) is 19.6 Å². The first kappa shape index (κ1) is 22.8. The predicted octanol–water partition coefficient (Wildman–Crippen LogP) is 2.83. The molecule has 0 spiro atoms. The number of hydrogen-bond acceptors (Lipinski definition) is 7. The third kappa shape index (κ3) is 5.45. The molecule has 0 aliphatic carbocycles. The molecule has 3 rings (SSSR count). The summed E-state index contributed by atoms with van der Waals surface area (Å²) in [6.45, 7) is 5.40. The number of carbonyl (C=O) groups is 1. The lowest BCUT2D eigenvalue weighted by Crippen LogP contribution is -2.46. The number of hydrogen-bond donors (Lipinski definition) is 2. The van der Waals surface area contributed by atoms with Gasteiger partial charge in [-0.2, -0.15) is 13.8 Å². The Hall–Kier alpha value is -2.83. The van der Waals surface area contributed by atoms with E-state index in [1.165, 1.54) is 6.07 Å². The molecule has 0 bridgehead atoms. The summed E-state index contributed by atoms with van der Waals surface area (Å²) in [5, 5.41) is 2.39. The number of nitrogen functional groups attached to an aromatic ring is 1.